The molecule has 10 heteroatoms. The van der Waals surface area contributed by atoms with Crippen molar-refractivity contribution in [2.24, 2.45) is 17.6 Å². The average Bonchev–Trinajstić information content (AvgIpc) is 2.79. The normalized spacial score (nSPS) is 22.3. The van der Waals surface area contributed by atoms with Gasteiger partial charge in [-0.1, -0.05) is 19.9 Å². The third-order valence-electron chi connectivity index (χ3n) is 4.74. The van der Waals surface area contributed by atoms with Crippen LogP contribution in [0.25, 0.3) is 0 Å². The van der Waals surface area contributed by atoms with Gasteiger partial charge in [-0.15, -0.1) is 0 Å². The molecule has 3 atom stereocenters. The molecular formula is C18H26N4O5S. The maximum atomic E-state index is 12.8. The number of rotatable bonds is 7. The molecule has 0 spiro atoms. The Labute approximate surface area is 164 Å². The Bertz CT molecular complexity index is 828. The van der Waals surface area contributed by atoms with Gasteiger partial charge in [0, 0.05) is 25.1 Å². The molecule has 154 valence electrons. The molecule has 0 bridgehead atoms. The first-order valence-electron chi connectivity index (χ1n) is 9.13. The Hall–Kier alpha value is -2.33. The van der Waals surface area contributed by atoms with E-state index in [1.54, 1.807) is 19.1 Å². The van der Waals surface area contributed by atoms with E-state index < -0.39 is 27.9 Å². The van der Waals surface area contributed by atoms with E-state index in [1.807, 2.05) is 6.92 Å². The molecule has 3 N–H and O–H groups in total. The Kier molecular flexibility index (Phi) is 7.25. The number of carbonyl (C=O) groups excluding carboxylic acids is 3. The lowest BCUT2D eigenvalue weighted by molar-refractivity contribution is -0.128. The number of ketones is 1. The van der Waals surface area contributed by atoms with Crippen molar-refractivity contribution >= 4 is 27.6 Å². The standard InChI is InChI=1S/C18H26N4O5S/c1-12-9-14(21-16(24)7-6-13(2)18(19)25)15(23)11-22(10-12)28(26,27)17-5-3-4-8-20-17/h3-5,8,12-14H,6-7,9-11H2,1-2H3,(H2,19,25)(H,21,24)/t12-,13-,14-/m0/s1. The minimum absolute atomic E-state index is 0.0677. The first kappa shape index (κ1) is 22.0. The molecular weight excluding hydrogens is 384 g/mol. The second kappa shape index (κ2) is 9.24. The van der Waals surface area contributed by atoms with Crippen LogP contribution in [0.1, 0.15) is 33.1 Å². The number of primary amides is 1. The molecule has 9 nitrogen and oxygen atoms in total. The molecule has 1 saturated heterocycles. The highest BCUT2D eigenvalue weighted by atomic mass is 32.2. The summed E-state index contributed by atoms with van der Waals surface area (Å²) in [6, 6.07) is 3.79. The topological polar surface area (TPSA) is 140 Å². The predicted octanol–water partition coefficient (Wildman–Crippen LogP) is 0.0676. The highest BCUT2D eigenvalue weighted by molar-refractivity contribution is 7.89. The zero-order valence-electron chi connectivity index (χ0n) is 16.0. The Balaban J connectivity index is 2.05. The zero-order chi connectivity index (χ0) is 20.9. The van der Waals surface area contributed by atoms with Crippen molar-refractivity contribution in [1.29, 1.82) is 0 Å². The number of nitrogens with zero attached hydrogens (tertiary/aromatic N) is 2. The molecule has 1 aliphatic rings. The molecule has 28 heavy (non-hydrogen) atoms. The number of hydrogen-bond acceptors (Lipinski definition) is 6. The summed E-state index contributed by atoms with van der Waals surface area (Å²) in [4.78, 5) is 39.7. The van der Waals surface area contributed by atoms with Gasteiger partial charge < -0.3 is 11.1 Å². The van der Waals surface area contributed by atoms with E-state index in [0.29, 0.717) is 6.42 Å². The first-order chi connectivity index (χ1) is 13.1. The second-order valence-electron chi connectivity index (χ2n) is 7.23. The van der Waals surface area contributed by atoms with Crippen LogP contribution in [0.5, 0.6) is 0 Å². The summed E-state index contributed by atoms with van der Waals surface area (Å²) in [5.74, 6) is -1.80. The molecule has 1 aromatic rings. The number of Topliss-reactive ketones (excluding diaryl/α,β-unsaturated/α-hetero) is 1. The van der Waals surface area contributed by atoms with E-state index in [1.165, 1.54) is 12.3 Å². The van der Waals surface area contributed by atoms with Gasteiger partial charge in [0.15, 0.2) is 10.8 Å². The Morgan fingerprint density at radius 2 is 2.11 bits per heavy atom. The van der Waals surface area contributed by atoms with Gasteiger partial charge in [0.2, 0.25) is 11.8 Å². The highest BCUT2D eigenvalue weighted by Crippen LogP contribution is 2.21. The lowest BCUT2D eigenvalue weighted by Gasteiger charge is -2.20. The summed E-state index contributed by atoms with van der Waals surface area (Å²) >= 11 is 0. The maximum Gasteiger partial charge on any atom is 0.260 e. The monoisotopic (exact) mass is 410 g/mol. The minimum Gasteiger partial charge on any atom is -0.369 e. The molecule has 1 aliphatic heterocycles. The van der Waals surface area contributed by atoms with Crippen LogP contribution in [-0.2, 0) is 24.4 Å². The highest BCUT2D eigenvalue weighted by Gasteiger charge is 2.36. The minimum atomic E-state index is -3.90. The van der Waals surface area contributed by atoms with E-state index in [0.717, 1.165) is 4.31 Å². The number of sulfonamides is 1. The largest absolute Gasteiger partial charge is 0.369 e. The van der Waals surface area contributed by atoms with Crippen molar-refractivity contribution in [3.05, 3.63) is 24.4 Å². The van der Waals surface area contributed by atoms with Crippen LogP contribution in [-0.4, -0.2) is 54.4 Å². The Morgan fingerprint density at radius 1 is 1.39 bits per heavy atom. The number of nitrogens with two attached hydrogens (primary N) is 1. The fourth-order valence-corrected chi connectivity index (χ4v) is 4.47. The van der Waals surface area contributed by atoms with E-state index in [9.17, 15) is 22.8 Å². The predicted molar refractivity (Wildman–Crippen MR) is 101 cm³/mol. The quantitative estimate of drug-likeness (QED) is 0.652. The summed E-state index contributed by atoms with van der Waals surface area (Å²) in [5.41, 5.74) is 5.18. The van der Waals surface area contributed by atoms with Crippen LogP contribution < -0.4 is 11.1 Å². The molecule has 2 rings (SSSR count). The number of hydrogen-bond donors (Lipinski definition) is 2. The number of nitrogens with one attached hydrogen (secondary N) is 1. The van der Waals surface area contributed by atoms with Crippen LogP contribution in [0, 0.1) is 11.8 Å². The smallest absolute Gasteiger partial charge is 0.260 e. The lowest BCUT2D eigenvalue weighted by atomic mass is 10.00. The molecule has 2 heterocycles. The third-order valence-corrected chi connectivity index (χ3v) is 6.47. The van der Waals surface area contributed by atoms with Crippen molar-refractivity contribution < 1.29 is 22.8 Å². The number of pyridine rings is 1. The number of amides is 2. The van der Waals surface area contributed by atoms with Gasteiger partial charge in [0.1, 0.15) is 0 Å². The summed E-state index contributed by atoms with van der Waals surface area (Å²) in [7, 11) is -3.90. The van der Waals surface area contributed by atoms with Crippen LogP contribution in [0.4, 0.5) is 0 Å². The molecule has 0 aromatic carbocycles. The summed E-state index contributed by atoms with van der Waals surface area (Å²) in [5, 5.41) is 2.55. The van der Waals surface area contributed by atoms with E-state index in [2.05, 4.69) is 10.3 Å². The van der Waals surface area contributed by atoms with Crippen molar-refractivity contribution in [3.8, 4) is 0 Å². The van der Waals surface area contributed by atoms with Gasteiger partial charge in [-0.05, 0) is 30.9 Å². The van der Waals surface area contributed by atoms with Gasteiger partial charge in [0.25, 0.3) is 10.0 Å². The number of carbonyl (C=O) groups is 3. The van der Waals surface area contributed by atoms with Crippen LogP contribution in [0.15, 0.2) is 29.4 Å². The summed E-state index contributed by atoms with van der Waals surface area (Å²) < 4.78 is 26.7. The third kappa shape index (κ3) is 5.59. The van der Waals surface area contributed by atoms with Gasteiger partial charge in [-0.3, -0.25) is 14.4 Å². The van der Waals surface area contributed by atoms with Crippen molar-refractivity contribution in [2.45, 2.75) is 44.2 Å². The van der Waals surface area contributed by atoms with E-state index in [4.69, 9.17) is 5.73 Å². The van der Waals surface area contributed by atoms with Crippen molar-refractivity contribution in [3.63, 3.8) is 0 Å². The van der Waals surface area contributed by atoms with E-state index >= 15 is 0 Å². The molecule has 0 radical (unpaired) electrons. The van der Waals surface area contributed by atoms with Crippen molar-refractivity contribution in [2.75, 3.05) is 13.1 Å². The fourth-order valence-electron chi connectivity index (χ4n) is 3.02. The van der Waals surface area contributed by atoms with Crippen LogP contribution >= 0.6 is 0 Å². The SMILES string of the molecule is C[C@H]1C[C@H](NC(=O)CC[C@H](C)C(N)=O)C(=O)CN(S(=O)(=O)c2ccccn2)C1. The first-order valence-corrected chi connectivity index (χ1v) is 10.6. The molecule has 2 amide bonds. The average molecular weight is 410 g/mol. The van der Waals surface area contributed by atoms with Crippen LogP contribution in [0.3, 0.4) is 0 Å². The van der Waals surface area contributed by atoms with Gasteiger partial charge in [-0.2, -0.15) is 4.31 Å². The van der Waals surface area contributed by atoms with Crippen molar-refractivity contribution in [1.82, 2.24) is 14.6 Å². The molecule has 1 fully saturated rings. The summed E-state index contributed by atoms with van der Waals surface area (Å²) in [6.45, 7) is 3.30. The maximum absolute atomic E-state index is 12.8. The molecule has 0 unspecified atom stereocenters. The molecule has 1 aromatic heterocycles. The van der Waals surface area contributed by atoms with Gasteiger partial charge >= 0.3 is 0 Å². The molecule has 0 saturated carbocycles. The summed E-state index contributed by atoms with van der Waals surface area (Å²) in [6.07, 6.45) is 2.08. The van der Waals surface area contributed by atoms with E-state index in [-0.39, 0.29) is 48.6 Å². The van der Waals surface area contributed by atoms with Gasteiger partial charge in [-0.25, -0.2) is 13.4 Å². The molecule has 0 aliphatic carbocycles. The number of aromatic nitrogens is 1. The second-order valence-corrected chi connectivity index (χ2v) is 9.12. The fraction of sp³-hybridized carbons (Fsp3) is 0.556. The van der Waals surface area contributed by atoms with Crippen LogP contribution in [0.2, 0.25) is 0 Å². The van der Waals surface area contributed by atoms with Gasteiger partial charge in [0.05, 0.1) is 12.6 Å². The zero-order valence-corrected chi connectivity index (χ0v) is 16.8. The Morgan fingerprint density at radius 3 is 2.71 bits per heavy atom. The lowest BCUT2D eigenvalue weighted by Crippen LogP contribution is -2.44.